The Morgan fingerprint density at radius 2 is 2.17 bits per heavy atom. The number of ether oxygens (including phenoxy) is 1. The van der Waals surface area contributed by atoms with Gasteiger partial charge in [0, 0.05) is 23.6 Å². The van der Waals surface area contributed by atoms with E-state index in [4.69, 9.17) is 10.5 Å². The summed E-state index contributed by atoms with van der Waals surface area (Å²) >= 11 is 3.48. The van der Waals surface area contributed by atoms with Gasteiger partial charge < -0.3 is 15.0 Å². The SMILES string of the molecule is COc1ccc(Br)cc1-c1c(CN)nc(C)n1C. The minimum atomic E-state index is 0.409. The molecule has 0 aliphatic heterocycles. The number of benzene rings is 1. The maximum Gasteiger partial charge on any atom is 0.128 e. The summed E-state index contributed by atoms with van der Waals surface area (Å²) in [5.74, 6) is 1.75. The van der Waals surface area contributed by atoms with E-state index in [9.17, 15) is 0 Å². The highest BCUT2D eigenvalue weighted by molar-refractivity contribution is 9.10. The number of aromatic nitrogens is 2. The lowest BCUT2D eigenvalue weighted by atomic mass is 10.1. The molecule has 0 unspecified atom stereocenters. The van der Waals surface area contributed by atoms with Gasteiger partial charge in [-0.15, -0.1) is 0 Å². The smallest absolute Gasteiger partial charge is 0.128 e. The van der Waals surface area contributed by atoms with Crippen molar-refractivity contribution in [2.75, 3.05) is 7.11 Å². The monoisotopic (exact) mass is 309 g/mol. The number of imidazole rings is 1. The average Bonchev–Trinajstić information content (AvgIpc) is 2.65. The van der Waals surface area contributed by atoms with Crippen LogP contribution >= 0.6 is 15.9 Å². The lowest BCUT2D eigenvalue weighted by molar-refractivity contribution is 0.416. The summed E-state index contributed by atoms with van der Waals surface area (Å²) in [7, 11) is 3.65. The second-order valence-corrected chi connectivity index (χ2v) is 4.98. The van der Waals surface area contributed by atoms with Crippen molar-refractivity contribution < 1.29 is 4.74 Å². The predicted octanol–water partition coefficient (Wildman–Crippen LogP) is 2.63. The number of hydrogen-bond donors (Lipinski definition) is 1. The molecule has 4 nitrogen and oxygen atoms in total. The fourth-order valence-corrected chi connectivity index (χ4v) is 2.38. The number of nitrogens with zero attached hydrogens (tertiary/aromatic N) is 2. The van der Waals surface area contributed by atoms with Crippen molar-refractivity contribution in [2.45, 2.75) is 13.5 Å². The van der Waals surface area contributed by atoms with Crippen molar-refractivity contribution in [3.05, 3.63) is 34.2 Å². The molecule has 2 N–H and O–H groups in total. The summed E-state index contributed by atoms with van der Waals surface area (Å²) < 4.78 is 8.45. The summed E-state index contributed by atoms with van der Waals surface area (Å²) in [6.07, 6.45) is 0. The largest absolute Gasteiger partial charge is 0.496 e. The van der Waals surface area contributed by atoms with E-state index in [2.05, 4.69) is 20.9 Å². The van der Waals surface area contributed by atoms with Gasteiger partial charge in [0.05, 0.1) is 18.5 Å². The normalized spacial score (nSPS) is 10.7. The molecule has 0 fully saturated rings. The molecule has 0 saturated heterocycles. The van der Waals surface area contributed by atoms with Gasteiger partial charge in [-0.1, -0.05) is 15.9 Å². The molecule has 1 heterocycles. The highest BCUT2D eigenvalue weighted by atomic mass is 79.9. The molecule has 2 aromatic rings. The number of nitrogens with two attached hydrogens (primary N) is 1. The molecule has 0 atom stereocenters. The lowest BCUT2D eigenvalue weighted by Gasteiger charge is -2.11. The molecule has 0 saturated carbocycles. The summed E-state index contributed by atoms with van der Waals surface area (Å²) in [5.41, 5.74) is 8.66. The van der Waals surface area contributed by atoms with Crippen LogP contribution in [0, 0.1) is 6.92 Å². The predicted molar refractivity (Wildman–Crippen MR) is 75.5 cm³/mol. The van der Waals surface area contributed by atoms with Crippen LogP contribution in [0.15, 0.2) is 22.7 Å². The van der Waals surface area contributed by atoms with Gasteiger partial charge in [-0.25, -0.2) is 4.98 Å². The maximum absolute atomic E-state index is 5.77. The first-order valence-corrected chi connectivity index (χ1v) is 6.44. The average molecular weight is 310 g/mol. The van der Waals surface area contributed by atoms with E-state index in [-0.39, 0.29) is 0 Å². The molecular formula is C13H16BrN3O. The molecule has 5 heteroatoms. The zero-order valence-electron chi connectivity index (χ0n) is 10.7. The highest BCUT2D eigenvalue weighted by Gasteiger charge is 2.17. The number of hydrogen-bond acceptors (Lipinski definition) is 3. The van der Waals surface area contributed by atoms with Gasteiger partial charge in [-0.05, 0) is 25.1 Å². The summed E-state index contributed by atoms with van der Waals surface area (Å²) in [5, 5.41) is 0. The second-order valence-electron chi connectivity index (χ2n) is 4.06. The quantitative estimate of drug-likeness (QED) is 0.948. The zero-order valence-corrected chi connectivity index (χ0v) is 12.3. The van der Waals surface area contributed by atoms with Crippen LogP contribution in [0.4, 0.5) is 0 Å². The minimum absolute atomic E-state index is 0.409. The third kappa shape index (κ3) is 2.15. The Morgan fingerprint density at radius 3 is 2.78 bits per heavy atom. The van der Waals surface area contributed by atoms with Gasteiger partial charge in [0.15, 0.2) is 0 Å². The van der Waals surface area contributed by atoms with E-state index in [1.54, 1.807) is 7.11 Å². The Morgan fingerprint density at radius 1 is 1.44 bits per heavy atom. The zero-order chi connectivity index (χ0) is 13.3. The molecule has 0 radical (unpaired) electrons. The molecule has 0 aliphatic rings. The van der Waals surface area contributed by atoms with Gasteiger partial charge in [-0.2, -0.15) is 0 Å². The number of aryl methyl sites for hydroxylation is 1. The maximum atomic E-state index is 5.77. The molecule has 1 aromatic heterocycles. The van der Waals surface area contributed by atoms with E-state index in [0.717, 1.165) is 33.0 Å². The minimum Gasteiger partial charge on any atom is -0.496 e. The van der Waals surface area contributed by atoms with Crippen LogP contribution in [0.2, 0.25) is 0 Å². The Hall–Kier alpha value is -1.33. The van der Waals surface area contributed by atoms with Crippen molar-refractivity contribution in [3.8, 4) is 17.0 Å². The molecule has 0 spiro atoms. The third-order valence-corrected chi connectivity index (χ3v) is 3.49. The van der Waals surface area contributed by atoms with E-state index < -0.39 is 0 Å². The Balaban J connectivity index is 2.71. The van der Waals surface area contributed by atoms with Crippen LogP contribution in [0.3, 0.4) is 0 Å². The molecule has 18 heavy (non-hydrogen) atoms. The molecule has 2 rings (SSSR count). The number of rotatable bonds is 3. The second kappa shape index (κ2) is 5.12. The van der Waals surface area contributed by atoms with Crippen molar-refractivity contribution in [3.63, 3.8) is 0 Å². The van der Waals surface area contributed by atoms with Gasteiger partial charge in [0.25, 0.3) is 0 Å². The van der Waals surface area contributed by atoms with Gasteiger partial charge in [0.1, 0.15) is 11.6 Å². The summed E-state index contributed by atoms with van der Waals surface area (Å²) in [6, 6.07) is 5.91. The Kier molecular flexibility index (Phi) is 3.73. The molecule has 0 aliphatic carbocycles. The van der Waals surface area contributed by atoms with Crippen molar-refractivity contribution in [2.24, 2.45) is 12.8 Å². The van der Waals surface area contributed by atoms with Crippen LogP contribution < -0.4 is 10.5 Å². The lowest BCUT2D eigenvalue weighted by Crippen LogP contribution is -2.02. The highest BCUT2D eigenvalue weighted by Crippen LogP contribution is 2.34. The molecular weight excluding hydrogens is 294 g/mol. The standard InChI is InChI=1S/C13H16BrN3O/c1-8-16-11(7-15)13(17(8)2)10-6-9(14)4-5-12(10)18-3/h4-6H,7,15H2,1-3H3. The van der Waals surface area contributed by atoms with Gasteiger partial charge in [0.2, 0.25) is 0 Å². The first-order valence-electron chi connectivity index (χ1n) is 5.64. The summed E-state index contributed by atoms with van der Waals surface area (Å²) in [4.78, 5) is 4.48. The topological polar surface area (TPSA) is 53.1 Å². The van der Waals surface area contributed by atoms with Crippen molar-refractivity contribution >= 4 is 15.9 Å². The van der Waals surface area contributed by atoms with E-state index >= 15 is 0 Å². The van der Waals surface area contributed by atoms with Crippen LogP contribution in [-0.2, 0) is 13.6 Å². The van der Waals surface area contributed by atoms with Crippen LogP contribution in [0.5, 0.6) is 5.75 Å². The molecule has 96 valence electrons. The first kappa shape index (κ1) is 13.1. The fourth-order valence-electron chi connectivity index (χ4n) is 2.02. The van der Waals surface area contributed by atoms with Gasteiger partial charge >= 0.3 is 0 Å². The summed E-state index contributed by atoms with van der Waals surface area (Å²) in [6.45, 7) is 2.37. The van der Waals surface area contributed by atoms with E-state index in [1.807, 2.05) is 36.7 Å². The van der Waals surface area contributed by atoms with Crippen LogP contribution in [0.1, 0.15) is 11.5 Å². The van der Waals surface area contributed by atoms with E-state index in [0.29, 0.717) is 6.54 Å². The van der Waals surface area contributed by atoms with Crippen LogP contribution in [0.25, 0.3) is 11.3 Å². The fraction of sp³-hybridized carbons (Fsp3) is 0.308. The van der Waals surface area contributed by atoms with Crippen molar-refractivity contribution in [1.82, 2.24) is 9.55 Å². The van der Waals surface area contributed by atoms with Crippen molar-refractivity contribution in [1.29, 1.82) is 0 Å². The van der Waals surface area contributed by atoms with Gasteiger partial charge in [-0.3, -0.25) is 0 Å². The van der Waals surface area contributed by atoms with E-state index in [1.165, 1.54) is 0 Å². The Labute approximate surface area is 115 Å². The third-order valence-electron chi connectivity index (χ3n) is 3.00. The number of methoxy groups -OCH3 is 1. The molecule has 0 amide bonds. The Bertz CT molecular complexity index is 578. The molecule has 0 bridgehead atoms. The van der Waals surface area contributed by atoms with Crippen LogP contribution in [-0.4, -0.2) is 16.7 Å². The first-order chi connectivity index (χ1) is 8.58. The number of halogens is 1. The molecule has 1 aromatic carbocycles.